The number of nitrogens with one attached hydrogen (secondary N) is 3. The molecule has 126 valence electrons. The van der Waals surface area contributed by atoms with Crippen LogP contribution >= 0.6 is 0 Å². The van der Waals surface area contributed by atoms with Crippen molar-refractivity contribution in [3.8, 4) is 11.5 Å². The van der Waals surface area contributed by atoms with Gasteiger partial charge < -0.3 is 25.8 Å². The van der Waals surface area contributed by atoms with E-state index >= 15 is 0 Å². The van der Waals surface area contributed by atoms with E-state index in [9.17, 15) is 14.7 Å². The lowest BCUT2D eigenvalue weighted by Crippen LogP contribution is -2.37. The van der Waals surface area contributed by atoms with Crippen LogP contribution in [0.1, 0.15) is 10.5 Å². The molecule has 1 aromatic carbocycles. The van der Waals surface area contributed by atoms with Crippen LogP contribution in [0.25, 0.3) is 0 Å². The number of amides is 3. The van der Waals surface area contributed by atoms with E-state index in [1.165, 1.54) is 18.3 Å². The Hall–Kier alpha value is -3.29. The molecule has 2 aromatic rings. The normalized spacial score (nSPS) is 9.88. The van der Waals surface area contributed by atoms with Crippen molar-refractivity contribution in [2.24, 2.45) is 0 Å². The van der Waals surface area contributed by atoms with Crippen LogP contribution in [0.15, 0.2) is 42.6 Å². The fraction of sp³-hybridized carbons (Fsp3) is 0.188. The predicted octanol–water partition coefficient (Wildman–Crippen LogP) is 1.35. The summed E-state index contributed by atoms with van der Waals surface area (Å²) in [6.45, 7) is 0.412. The number of benzene rings is 1. The van der Waals surface area contributed by atoms with Crippen molar-refractivity contribution < 1.29 is 19.4 Å². The number of ether oxygens (including phenoxy) is 1. The van der Waals surface area contributed by atoms with Crippen molar-refractivity contribution in [2.75, 3.05) is 25.5 Å². The first-order chi connectivity index (χ1) is 11.6. The SMILES string of the molecule is COc1cccc(NC(=O)NCCNC(=O)c2ncccc2O)c1. The van der Waals surface area contributed by atoms with Crippen molar-refractivity contribution >= 4 is 17.6 Å². The predicted molar refractivity (Wildman–Crippen MR) is 88.3 cm³/mol. The van der Waals surface area contributed by atoms with Crippen molar-refractivity contribution in [3.63, 3.8) is 0 Å². The summed E-state index contributed by atoms with van der Waals surface area (Å²) in [5.74, 6) is -0.0722. The van der Waals surface area contributed by atoms with Gasteiger partial charge in [0.15, 0.2) is 5.69 Å². The van der Waals surface area contributed by atoms with Gasteiger partial charge in [0.05, 0.1) is 7.11 Å². The number of rotatable bonds is 6. The topological polar surface area (TPSA) is 113 Å². The number of carbonyl (C=O) groups excluding carboxylic acids is 2. The number of methoxy groups -OCH3 is 1. The molecule has 8 nitrogen and oxygen atoms in total. The third-order valence-corrected chi connectivity index (χ3v) is 3.03. The Morgan fingerprint density at radius 3 is 2.71 bits per heavy atom. The van der Waals surface area contributed by atoms with Gasteiger partial charge in [0.2, 0.25) is 0 Å². The zero-order valence-electron chi connectivity index (χ0n) is 13.1. The molecule has 1 aromatic heterocycles. The number of hydrogen-bond acceptors (Lipinski definition) is 5. The molecule has 0 bridgehead atoms. The molecule has 0 aliphatic rings. The summed E-state index contributed by atoms with van der Waals surface area (Å²) in [7, 11) is 1.54. The Morgan fingerprint density at radius 2 is 1.96 bits per heavy atom. The van der Waals surface area contributed by atoms with Crippen LogP contribution in [-0.2, 0) is 0 Å². The lowest BCUT2D eigenvalue weighted by atomic mass is 10.3. The number of carbonyl (C=O) groups is 2. The minimum absolute atomic E-state index is 0.0571. The van der Waals surface area contributed by atoms with Gasteiger partial charge in [-0.1, -0.05) is 6.07 Å². The van der Waals surface area contributed by atoms with Gasteiger partial charge >= 0.3 is 6.03 Å². The summed E-state index contributed by atoms with van der Waals surface area (Å²) < 4.78 is 5.07. The van der Waals surface area contributed by atoms with E-state index in [-0.39, 0.29) is 24.5 Å². The number of hydrogen-bond donors (Lipinski definition) is 4. The third-order valence-electron chi connectivity index (χ3n) is 3.03. The molecule has 4 N–H and O–H groups in total. The first kappa shape index (κ1) is 17.1. The Morgan fingerprint density at radius 1 is 1.17 bits per heavy atom. The van der Waals surface area contributed by atoms with Gasteiger partial charge in [0, 0.05) is 31.0 Å². The Bertz CT molecular complexity index is 721. The highest BCUT2D eigenvalue weighted by Gasteiger charge is 2.11. The summed E-state index contributed by atoms with van der Waals surface area (Å²) in [6, 6.07) is 9.44. The number of aromatic hydroxyl groups is 1. The minimum Gasteiger partial charge on any atom is -0.505 e. The maximum atomic E-state index is 11.8. The third kappa shape index (κ3) is 4.87. The average Bonchev–Trinajstić information content (AvgIpc) is 2.59. The maximum Gasteiger partial charge on any atom is 0.319 e. The molecule has 0 aliphatic carbocycles. The second-order valence-corrected chi connectivity index (χ2v) is 4.74. The van der Waals surface area contributed by atoms with Crippen molar-refractivity contribution in [3.05, 3.63) is 48.3 Å². The molecule has 0 spiro atoms. The molecule has 0 atom stereocenters. The minimum atomic E-state index is -0.511. The maximum absolute atomic E-state index is 11.8. The van der Waals surface area contributed by atoms with Crippen molar-refractivity contribution in [1.82, 2.24) is 15.6 Å². The zero-order chi connectivity index (χ0) is 17.4. The van der Waals surface area contributed by atoms with Gasteiger partial charge in [0.25, 0.3) is 5.91 Å². The molecule has 8 heteroatoms. The summed E-state index contributed by atoms with van der Waals surface area (Å²) in [6.07, 6.45) is 1.41. The van der Waals surface area contributed by atoms with Crippen LogP contribution in [0.2, 0.25) is 0 Å². The highest BCUT2D eigenvalue weighted by atomic mass is 16.5. The van der Waals surface area contributed by atoms with Crippen LogP contribution in [0.3, 0.4) is 0 Å². The molecule has 0 fully saturated rings. The molecule has 1 heterocycles. The van der Waals surface area contributed by atoms with Gasteiger partial charge in [-0.3, -0.25) is 4.79 Å². The summed E-state index contributed by atoms with van der Waals surface area (Å²) in [4.78, 5) is 27.3. The quantitative estimate of drug-likeness (QED) is 0.597. The standard InChI is InChI=1S/C16H18N4O4/c1-24-12-5-2-4-11(10-12)20-16(23)19-9-8-18-15(22)14-13(21)6-3-7-17-14/h2-7,10,21H,8-9H2,1H3,(H,18,22)(H2,19,20,23). The highest BCUT2D eigenvalue weighted by molar-refractivity contribution is 5.94. The molecule has 0 saturated heterocycles. The number of anilines is 1. The van der Waals surface area contributed by atoms with Gasteiger partial charge in [-0.05, 0) is 24.3 Å². The molecule has 0 saturated carbocycles. The van der Waals surface area contributed by atoms with Gasteiger partial charge in [0.1, 0.15) is 11.5 Å². The first-order valence-corrected chi connectivity index (χ1v) is 7.21. The smallest absolute Gasteiger partial charge is 0.319 e. The Kier molecular flexibility index (Phi) is 5.95. The van der Waals surface area contributed by atoms with Crippen LogP contribution in [0.4, 0.5) is 10.5 Å². The van der Waals surface area contributed by atoms with Crippen LogP contribution in [0.5, 0.6) is 11.5 Å². The van der Waals surface area contributed by atoms with E-state index in [0.29, 0.717) is 11.4 Å². The lowest BCUT2D eigenvalue weighted by molar-refractivity contribution is 0.0946. The number of nitrogens with zero attached hydrogens (tertiary/aromatic N) is 1. The van der Waals surface area contributed by atoms with E-state index < -0.39 is 11.9 Å². The molecular formula is C16H18N4O4. The average molecular weight is 330 g/mol. The summed E-state index contributed by atoms with van der Waals surface area (Å²) in [5, 5.41) is 17.3. The molecule has 3 amide bonds. The van der Waals surface area contributed by atoms with Crippen LogP contribution < -0.4 is 20.7 Å². The molecule has 0 aliphatic heterocycles. The lowest BCUT2D eigenvalue weighted by Gasteiger charge is -2.09. The second-order valence-electron chi connectivity index (χ2n) is 4.74. The molecular weight excluding hydrogens is 312 g/mol. The first-order valence-electron chi connectivity index (χ1n) is 7.21. The fourth-order valence-corrected chi connectivity index (χ4v) is 1.88. The zero-order valence-corrected chi connectivity index (χ0v) is 13.1. The second kappa shape index (κ2) is 8.37. The van der Waals surface area contributed by atoms with Gasteiger partial charge in [-0.25, -0.2) is 9.78 Å². The van der Waals surface area contributed by atoms with E-state index in [1.807, 2.05) is 0 Å². The van der Waals surface area contributed by atoms with Crippen molar-refractivity contribution in [2.45, 2.75) is 0 Å². The summed E-state index contributed by atoms with van der Waals surface area (Å²) >= 11 is 0. The Labute approximate surface area is 138 Å². The number of aromatic nitrogens is 1. The van der Waals surface area contributed by atoms with E-state index in [2.05, 4.69) is 20.9 Å². The largest absolute Gasteiger partial charge is 0.505 e. The van der Waals surface area contributed by atoms with Gasteiger partial charge in [-0.15, -0.1) is 0 Å². The number of pyridine rings is 1. The Balaban J connectivity index is 1.73. The van der Waals surface area contributed by atoms with Crippen molar-refractivity contribution in [1.29, 1.82) is 0 Å². The van der Waals surface area contributed by atoms with Gasteiger partial charge in [-0.2, -0.15) is 0 Å². The molecule has 0 radical (unpaired) electrons. The number of urea groups is 1. The van der Waals surface area contributed by atoms with Crippen LogP contribution in [0, 0.1) is 0 Å². The monoisotopic (exact) mass is 330 g/mol. The van der Waals surface area contributed by atoms with E-state index in [0.717, 1.165) is 0 Å². The van der Waals surface area contributed by atoms with Crippen LogP contribution in [-0.4, -0.2) is 42.2 Å². The summed E-state index contributed by atoms with van der Waals surface area (Å²) in [5.41, 5.74) is 0.535. The molecule has 24 heavy (non-hydrogen) atoms. The fourth-order valence-electron chi connectivity index (χ4n) is 1.88. The molecule has 0 unspecified atom stereocenters. The molecule has 2 rings (SSSR count). The highest BCUT2D eigenvalue weighted by Crippen LogP contribution is 2.16. The van der Waals surface area contributed by atoms with E-state index in [1.54, 1.807) is 31.4 Å². The van der Waals surface area contributed by atoms with E-state index in [4.69, 9.17) is 4.74 Å².